The van der Waals surface area contributed by atoms with Crippen LogP contribution in [0.25, 0.3) is 0 Å². The van der Waals surface area contributed by atoms with Gasteiger partial charge in [-0.1, -0.05) is 6.92 Å². The first-order valence-corrected chi connectivity index (χ1v) is 4.76. The summed E-state index contributed by atoms with van der Waals surface area (Å²) in [5.41, 5.74) is 5.12. The van der Waals surface area contributed by atoms with E-state index in [1.54, 1.807) is 11.8 Å². The van der Waals surface area contributed by atoms with Crippen LogP contribution in [0.15, 0.2) is 0 Å². The number of carbonyl (C=O) groups excluding carboxylic acids is 1. The van der Waals surface area contributed by atoms with E-state index in [2.05, 4.69) is 0 Å². The molecule has 66 valence electrons. The Balaban J connectivity index is 3.49. The smallest absolute Gasteiger partial charge is 0.133 e. The molecule has 0 fully saturated rings. The first kappa shape index (κ1) is 10.9. The summed E-state index contributed by atoms with van der Waals surface area (Å²) < 4.78 is 0. The summed E-state index contributed by atoms with van der Waals surface area (Å²) in [6.07, 6.45) is 1.37. The van der Waals surface area contributed by atoms with Gasteiger partial charge in [0.2, 0.25) is 0 Å². The Kier molecular flexibility index (Phi) is 6.60. The van der Waals surface area contributed by atoms with Gasteiger partial charge in [-0.2, -0.15) is 11.8 Å². The average Bonchev–Trinajstić information content (AvgIpc) is 1.97. The Morgan fingerprint density at radius 1 is 1.73 bits per heavy atom. The number of hydrogen-bond donors (Lipinski definition) is 2. The van der Waals surface area contributed by atoms with Crippen molar-refractivity contribution in [2.75, 3.05) is 5.75 Å². The number of carbonyl (C=O) groups is 1. The van der Waals surface area contributed by atoms with Crippen LogP contribution in [0.4, 0.5) is 0 Å². The maximum absolute atomic E-state index is 10.4. The van der Waals surface area contributed by atoms with Crippen molar-refractivity contribution in [3.63, 3.8) is 0 Å². The number of aliphatic hydroxyl groups excluding tert-OH is 1. The van der Waals surface area contributed by atoms with E-state index in [-0.39, 0.29) is 5.25 Å². The SMILES string of the molecule is CCCSC(C=O)CC(N)O. The van der Waals surface area contributed by atoms with Crippen molar-refractivity contribution in [1.29, 1.82) is 0 Å². The summed E-state index contributed by atoms with van der Waals surface area (Å²) in [5.74, 6) is 0.941. The van der Waals surface area contributed by atoms with Crippen LogP contribution in [0.3, 0.4) is 0 Å². The fraction of sp³-hybridized carbons (Fsp3) is 0.857. The lowest BCUT2D eigenvalue weighted by molar-refractivity contribution is -0.107. The van der Waals surface area contributed by atoms with Crippen molar-refractivity contribution in [2.24, 2.45) is 5.73 Å². The molecule has 3 nitrogen and oxygen atoms in total. The minimum Gasteiger partial charge on any atom is -0.379 e. The molecule has 0 rings (SSSR count). The van der Waals surface area contributed by atoms with Crippen LogP contribution in [0.2, 0.25) is 0 Å². The Morgan fingerprint density at radius 2 is 2.36 bits per heavy atom. The highest BCUT2D eigenvalue weighted by atomic mass is 32.2. The van der Waals surface area contributed by atoms with Crippen molar-refractivity contribution >= 4 is 18.0 Å². The van der Waals surface area contributed by atoms with Gasteiger partial charge < -0.3 is 15.6 Å². The number of nitrogens with two attached hydrogens (primary N) is 1. The predicted octanol–water partition coefficient (Wildman–Crippen LogP) is 0.364. The second-order valence-electron chi connectivity index (χ2n) is 2.35. The number of aldehydes is 1. The first-order valence-electron chi connectivity index (χ1n) is 3.71. The molecule has 2 atom stereocenters. The highest BCUT2D eigenvalue weighted by Crippen LogP contribution is 2.13. The highest BCUT2D eigenvalue weighted by Gasteiger charge is 2.09. The zero-order chi connectivity index (χ0) is 8.69. The van der Waals surface area contributed by atoms with Crippen LogP contribution in [0.1, 0.15) is 19.8 Å². The van der Waals surface area contributed by atoms with E-state index in [0.717, 1.165) is 18.5 Å². The number of thioether (sulfide) groups is 1. The van der Waals surface area contributed by atoms with E-state index in [1.807, 2.05) is 6.92 Å². The second kappa shape index (κ2) is 6.64. The first-order chi connectivity index (χ1) is 5.20. The van der Waals surface area contributed by atoms with E-state index >= 15 is 0 Å². The fourth-order valence-electron chi connectivity index (χ4n) is 0.670. The zero-order valence-electron chi connectivity index (χ0n) is 6.69. The van der Waals surface area contributed by atoms with E-state index < -0.39 is 6.23 Å². The van der Waals surface area contributed by atoms with Crippen LogP contribution in [0, 0.1) is 0 Å². The summed E-state index contributed by atoms with van der Waals surface area (Å²) in [6.45, 7) is 2.05. The third kappa shape index (κ3) is 6.34. The quantitative estimate of drug-likeness (QED) is 0.454. The summed E-state index contributed by atoms with van der Waals surface area (Å²) in [4.78, 5) is 10.4. The molecule has 3 N–H and O–H groups in total. The average molecular weight is 177 g/mol. The third-order valence-corrected chi connectivity index (χ3v) is 2.54. The molecule has 0 aliphatic carbocycles. The second-order valence-corrected chi connectivity index (χ2v) is 3.70. The highest BCUT2D eigenvalue weighted by molar-refractivity contribution is 8.00. The maximum Gasteiger partial charge on any atom is 0.133 e. The van der Waals surface area contributed by atoms with Crippen molar-refractivity contribution in [3.8, 4) is 0 Å². The Bertz CT molecular complexity index is 109. The normalized spacial score (nSPS) is 15.9. The molecule has 0 bridgehead atoms. The molecule has 4 heteroatoms. The van der Waals surface area contributed by atoms with Crippen molar-refractivity contribution in [1.82, 2.24) is 0 Å². The van der Waals surface area contributed by atoms with Gasteiger partial charge in [-0.3, -0.25) is 0 Å². The summed E-state index contributed by atoms with van der Waals surface area (Å²) in [6, 6.07) is 0. The minimum atomic E-state index is -0.866. The zero-order valence-corrected chi connectivity index (χ0v) is 7.51. The molecule has 0 aromatic heterocycles. The number of hydrogen-bond acceptors (Lipinski definition) is 4. The summed E-state index contributed by atoms with van der Waals surface area (Å²) >= 11 is 1.54. The lowest BCUT2D eigenvalue weighted by Crippen LogP contribution is -2.24. The molecule has 0 aliphatic rings. The van der Waals surface area contributed by atoms with Crippen molar-refractivity contribution in [2.45, 2.75) is 31.2 Å². The van der Waals surface area contributed by atoms with Gasteiger partial charge in [0.25, 0.3) is 0 Å². The van der Waals surface area contributed by atoms with Crippen LogP contribution < -0.4 is 5.73 Å². The molecule has 0 amide bonds. The van der Waals surface area contributed by atoms with Gasteiger partial charge in [0.05, 0.1) is 5.25 Å². The minimum absolute atomic E-state index is 0.144. The molecule has 0 radical (unpaired) electrons. The van der Waals surface area contributed by atoms with Crippen molar-refractivity contribution < 1.29 is 9.90 Å². The molecular weight excluding hydrogens is 162 g/mol. The van der Waals surface area contributed by atoms with Gasteiger partial charge in [-0.15, -0.1) is 0 Å². The van der Waals surface area contributed by atoms with Gasteiger partial charge in [0.1, 0.15) is 12.5 Å². The monoisotopic (exact) mass is 177 g/mol. The van der Waals surface area contributed by atoms with E-state index in [4.69, 9.17) is 10.8 Å². The van der Waals surface area contributed by atoms with Crippen LogP contribution >= 0.6 is 11.8 Å². The van der Waals surface area contributed by atoms with Gasteiger partial charge in [-0.25, -0.2) is 0 Å². The molecule has 0 saturated heterocycles. The Hall–Kier alpha value is -0.0600. The lowest BCUT2D eigenvalue weighted by atomic mass is 10.3. The molecule has 0 aromatic rings. The molecule has 0 aliphatic heterocycles. The van der Waals surface area contributed by atoms with Crippen LogP contribution in [0.5, 0.6) is 0 Å². The molecule has 0 aromatic carbocycles. The third-order valence-electron chi connectivity index (χ3n) is 1.16. The van der Waals surface area contributed by atoms with E-state index in [1.165, 1.54) is 0 Å². The molecule has 0 spiro atoms. The molecule has 0 heterocycles. The largest absolute Gasteiger partial charge is 0.379 e. The van der Waals surface area contributed by atoms with Gasteiger partial charge in [0, 0.05) is 6.42 Å². The standard InChI is InChI=1S/C7H15NO2S/c1-2-3-11-6(5-9)4-7(8)10/h5-7,10H,2-4,8H2,1H3. The summed E-state index contributed by atoms with van der Waals surface area (Å²) in [7, 11) is 0. The Labute approximate surface area is 71.3 Å². The molecule has 0 saturated carbocycles. The fourth-order valence-corrected chi connectivity index (χ4v) is 1.62. The topological polar surface area (TPSA) is 63.3 Å². The molecule has 2 unspecified atom stereocenters. The van der Waals surface area contributed by atoms with Gasteiger partial charge >= 0.3 is 0 Å². The number of rotatable bonds is 6. The maximum atomic E-state index is 10.4. The molecular formula is C7H15NO2S. The van der Waals surface area contributed by atoms with Crippen LogP contribution in [-0.2, 0) is 4.79 Å². The lowest BCUT2D eigenvalue weighted by Gasteiger charge is -2.10. The van der Waals surface area contributed by atoms with E-state index in [0.29, 0.717) is 6.42 Å². The summed E-state index contributed by atoms with van der Waals surface area (Å²) in [5, 5.41) is 8.62. The van der Waals surface area contributed by atoms with Gasteiger partial charge in [0.15, 0.2) is 0 Å². The Morgan fingerprint density at radius 3 is 2.73 bits per heavy atom. The van der Waals surface area contributed by atoms with Crippen LogP contribution in [-0.4, -0.2) is 28.6 Å². The van der Waals surface area contributed by atoms with Gasteiger partial charge in [-0.05, 0) is 12.2 Å². The molecule has 11 heavy (non-hydrogen) atoms. The number of aliphatic hydroxyl groups is 1. The van der Waals surface area contributed by atoms with E-state index in [9.17, 15) is 4.79 Å². The van der Waals surface area contributed by atoms with Crippen molar-refractivity contribution in [3.05, 3.63) is 0 Å². The predicted molar refractivity (Wildman–Crippen MR) is 47.4 cm³/mol.